The molecule has 11 nitrogen and oxygen atoms in total. The topological polar surface area (TPSA) is 173 Å². The number of halogens is 2. The third-order valence-electron chi connectivity index (χ3n) is 4.57. The fourth-order valence-electron chi connectivity index (χ4n) is 3.14. The van der Waals surface area contributed by atoms with Crippen molar-refractivity contribution in [2.45, 2.75) is 12.5 Å². The second-order valence-corrected chi connectivity index (χ2v) is 8.18. The van der Waals surface area contributed by atoms with Gasteiger partial charge < -0.3 is 21.1 Å². The van der Waals surface area contributed by atoms with Gasteiger partial charge in [0.2, 0.25) is 5.91 Å². The molecule has 1 heterocycles. The Morgan fingerprint density at radius 3 is 2.34 bits per heavy atom. The smallest absolute Gasteiger partial charge is 0.327 e. The first kappa shape index (κ1) is 25.5. The number of rotatable bonds is 9. The standard InChI is InChI=1S/C22H19Cl2N5O6/c23-13-4-12(5-14(24)7-13)16(8-20(32)33)27-19(31)10-25-21(34)11-2-1-3-15(6-11)26-17-9-18(30)29-22(35)28-17/h1-7,9,16H,8,10H2,(H,25,34)(H,27,31)(H,32,33)(H3,26,28,29,30,35). The molecule has 35 heavy (non-hydrogen) atoms. The Balaban J connectivity index is 1.64. The lowest BCUT2D eigenvalue weighted by Crippen LogP contribution is -2.39. The summed E-state index contributed by atoms with van der Waals surface area (Å²) in [5, 5.41) is 17.6. The number of aromatic amines is 2. The Kier molecular flexibility index (Phi) is 8.29. The van der Waals surface area contributed by atoms with Gasteiger partial charge in [-0.25, -0.2) is 4.79 Å². The van der Waals surface area contributed by atoms with Gasteiger partial charge in [0.1, 0.15) is 5.82 Å². The van der Waals surface area contributed by atoms with E-state index in [0.717, 1.165) is 6.07 Å². The van der Waals surface area contributed by atoms with Crippen molar-refractivity contribution in [1.82, 2.24) is 20.6 Å². The molecule has 2 aromatic carbocycles. The fraction of sp³-hybridized carbons (Fsp3) is 0.136. The summed E-state index contributed by atoms with van der Waals surface area (Å²) in [7, 11) is 0. The van der Waals surface area contributed by atoms with Crippen LogP contribution in [0.5, 0.6) is 0 Å². The summed E-state index contributed by atoms with van der Waals surface area (Å²) in [5.74, 6) is -2.23. The highest BCUT2D eigenvalue weighted by Crippen LogP contribution is 2.25. The van der Waals surface area contributed by atoms with Crippen LogP contribution in [0, 0.1) is 0 Å². The van der Waals surface area contributed by atoms with E-state index in [4.69, 9.17) is 23.2 Å². The number of benzene rings is 2. The Bertz CT molecular complexity index is 1340. The Hall–Kier alpha value is -4.09. The van der Waals surface area contributed by atoms with E-state index in [1.807, 2.05) is 4.98 Å². The van der Waals surface area contributed by atoms with Gasteiger partial charge in [0.05, 0.1) is 19.0 Å². The Labute approximate surface area is 207 Å². The van der Waals surface area contributed by atoms with Crippen molar-refractivity contribution < 1.29 is 19.5 Å². The molecule has 182 valence electrons. The number of hydrogen-bond donors (Lipinski definition) is 6. The van der Waals surface area contributed by atoms with Crippen LogP contribution in [0.1, 0.15) is 28.4 Å². The number of H-pyrrole nitrogens is 2. The first-order valence-corrected chi connectivity index (χ1v) is 10.8. The molecule has 1 unspecified atom stereocenters. The van der Waals surface area contributed by atoms with Gasteiger partial charge in [-0.3, -0.25) is 29.1 Å². The molecule has 0 saturated carbocycles. The second kappa shape index (κ2) is 11.4. The van der Waals surface area contributed by atoms with E-state index in [9.17, 15) is 29.1 Å². The number of aromatic nitrogens is 2. The summed E-state index contributed by atoms with van der Waals surface area (Å²) in [6.07, 6.45) is -0.422. The average molecular weight is 520 g/mol. The third kappa shape index (κ3) is 7.73. The van der Waals surface area contributed by atoms with E-state index >= 15 is 0 Å². The Morgan fingerprint density at radius 1 is 0.971 bits per heavy atom. The monoisotopic (exact) mass is 519 g/mol. The van der Waals surface area contributed by atoms with E-state index in [1.54, 1.807) is 12.1 Å². The molecule has 0 saturated heterocycles. The molecule has 0 aliphatic rings. The van der Waals surface area contributed by atoms with Crippen molar-refractivity contribution >= 4 is 52.5 Å². The molecule has 1 aromatic heterocycles. The molecule has 0 aliphatic carbocycles. The maximum Gasteiger partial charge on any atom is 0.327 e. The van der Waals surface area contributed by atoms with Crippen LogP contribution in [-0.2, 0) is 9.59 Å². The Morgan fingerprint density at radius 2 is 1.69 bits per heavy atom. The van der Waals surface area contributed by atoms with Crippen molar-refractivity contribution in [1.29, 1.82) is 0 Å². The van der Waals surface area contributed by atoms with Crippen LogP contribution in [0.4, 0.5) is 11.5 Å². The number of carboxylic acids is 1. The highest BCUT2D eigenvalue weighted by atomic mass is 35.5. The largest absolute Gasteiger partial charge is 0.481 e. The summed E-state index contributed by atoms with van der Waals surface area (Å²) in [5.41, 5.74) is -0.291. The fourth-order valence-corrected chi connectivity index (χ4v) is 3.68. The van der Waals surface area contributed by atoms with Crippen molar-refractivity contribution in [2.75, 3.05) is 11.9 Å². The molecule has 1 atom stereocenters. The van der Waals surface area contributed by atoms with Crippen molar-refractivity contribution in [3.05, 3.63) is 90.5 Å². The number of nitrogens with one attached hydrogen (secondary N) is 5. The molecule has 0 aliphatic heterocycles. The van der Waals surface area contributed by atoms with Crippen LogP contribution >= 0.6 is 23.2 Å². The van der Waals surface area contributed by atoms with Gasteiger partial charge in [0.15, 0.2) is 0 Å². The lowest BCUT2D eigenvalue weighted by atomic mass is 10.0. The van der Waals surface area contributed by atoms with Gasteiger partial charge in [0.25, 0.3) is 11.5 Å². The minimum Gasteiger partial charge on any atom is -0.481 e. The van der Waals surface area contributed by atoms with Crippen molar-refractivity contribution in [2.24, 2.45) is 0 Å². The second-order valence-electron chi connectivity index (χ2n) is 7.31. The van der Waals surface area contributed by atoms with E-state index < -0.39 is 48.0 Å². The van der Waals surface area contributed by atoms with Gasteiger partial charge in [-0.15, -0.1) is 0 Å². The number of amides is 2. The lowest BCUT2D eigenvalue weighted by molar-refractivity contribution is -0.137. The van der Waals surface area contributed by atoms with Gasteiger partial charge in [0, 0.05) is 27.4 Å². The number of carbonyl (C=O) groups is 3. The number of hydrogen-bond acceptors (Lipinski definition) is 6. The molecule has 0 fully saturated rings. The van der Waals surface area contributed by atoms with E-state index in [1.165, 1.54) is 30.3 Å². The van der Waals surface area contributed by atoms with E-state index in [-0.39, 0.29) is 21.4 Å². The number of carboxylic acid groups (broad SMARTS) is 1. The molecule has 0 bridgehead atoms. The summed E-state index contributed by atoms with van der Waals surface area (Å²) >= 11 is 12.0. The number of aliphatic carboxylic acids is 1. The van der Waals surface area contributed by atoms with Crippen molar-refractivity contribution in [3.8, 4) is 0 Å². The summed E-state index contributed by atoms with van der Waals surface area (Å²) in [4.78, 5) is 63.5. The highest BCUT2D eigenvalue weighted by molar-refractivity contribution is 6.34. The van der Waals surface area contributed by atoms with Gasteiger partial charge >= 0.3 is 11.7 Å². The number of anilines is 2. The maximum atomic E-state index is 12.5. The molecule has 0 radical (unpaired) electrons. The zero-order chi connectivity index (χ0) is 25.5. The van der Waals surface area contributed by atoms with Gasteiger partial charge in [-0.2, -0.15) is 0 Å². The van der Waals surface area contributed by atoms with Crippen LogP contribution in [0.25, 0.3) is 0 Å². The molecular weight excluding hydrogens is 501 g/mol. The van der Waals surface area contributed by atoms with E-state index in [2.05, 4.69) is 20.9 Å². The van der Waals surface area contributed by atoms with E-state index in [0.29, 0.717) is 11.3 Å². The maximum absolute atomic E-state index is 12.5. The average Bonchev–Trinajstić information content (AvgIpc) is 2.75. The summed E-state index contributed by atoms with van der Waals surface area (Å²) in [6, 6.07) is 10.8. The summed E-state index contributed by atoms with van der Waals surface area (Å²) in [6.45, 7) is -0.428. The van der Waals surface area contributed by atoms with Crippen LogP contribution < -0.4 is 27.2 Å². The number of carbonyl (C=O) groups excluding carboxylic acids is 2. The van der Waals surface area contributed by atoms with Crippen LogP contribution in [-0.4, -0.2) is 39.4 Å². The predicted molar refractivity (Wildman–Crippen MR) is 129 cm³/mol. The van der Waals surface area contributed by atoms with Crippen LogP contribution in [0.3, 0.4) is 0 Å². The molecule has 0 spiro atoms. The van der Waals surface area contributed by atoms with Gasteiger partial charge in [-0.05, 0) is 42.0 Å². The molecule has 13 heteroatoms. The minimum absolute atomic E-state index is 0.126. The van der Waals surface area contributed by atoms with Crippen molar-refractivity contribution in [3.63, 3.8) is 0 Å². The quantitative estimate of drug-likeness (QED) is 0.251. The predicted octanol–water partition coefficient (Wildman–Crippen LogP) is 2.18. The molecule has 3 rings (SSSR count). The molecule has 2 amide bonds. The highest BCUT2D eigenvalue weighted by Gasteiger charge is 2.20. The zero-order valence-corrected chi connectivity index (χ0v) is 19.4. The lowest BCUT2D eigenvalue weighted by Gasteiger charge is -2.18. The minimum atomic E-state index is -1.15. The zero-order valence-electron chi connectivity index (χ0n) is 17.9. The SMILES string of the molecule is O=C(O)CC(NC(=O)CNC(=O)c1cccc(Nc2cc(=O)[nH]c(=O)[nH]2)c1)c1cc(Cl)cc(Cl)c1. The molecule has 6 N–H and O–H groups in total. The van der Waals surface area contributed by atoms with Crippen LogP contribution in [0.15, 0.2) is 58.1 Å². The summed E-state index contributed by atoms with van der Waals surface area (Å²) < 4.78 is 0. The molecular formula is C22H19Cl2N5O6. The van der Waals surface area contributed by atoms with Crippen LogP contribution in [0.2, 0.25) is 10.0 Å². The molecule has 3 aromatic rings. The normalized spacial score (nSPS) is 11.4. The third-order valence-corrected chi connectivity index (χ3v) is 5.01. The van der Waals surface area contributed by atoms with Gasteiger partial charge in [-0.1, -0.05) is 29.3 Å². The first-order chi connectivity index (χ1) is 16.6. The first-order valence-electron chi connectivity index (χ1n) is 10.0.